The molecule has 2 aliphatic heterocycles. The van der Waals surface area contributed by atoms with Gasteiger partial charge in [0.25, 0.3) is 0 Å². The molecule has 3 heterocycles. The molecule has 0 bridgehead atoms. The maximum Gasteiger partial charge on any atom is 0.433 e. The number of hydrogen-bond donors (Lipinski definition) is 2. The Morgan fingerprint density at radius 2 is 1.82 bits per heavy atom. The second kappa shape index (κ2) is 11.0. The van der Waals surface area contributed by atoms with E-state index in [2.05, 4.69) is 20.2 Å². The number of rotatable bonds is 5. The molecule has 0 aliphatic carbocycles. The molecular weight excluding hydrogens is 478 g/mol. The second-order valence-electron chi connectivity index (χ2n) is 8.54. The number of benzene rings is 1. The average Bonchev–Trinajstić information content (AvgIpc) is 3.02. The summed E-state index contributed by atoms with van der Waals surface area (Å²) in [6.45, 7) is 4.72. The van der Waals surface area contributed by atoms with E-state index in [1.54, 1.807) is 4.90 Å². The molecule has 2 N–H and O–H groups in total. The van der Waals surface area contributed by atoms with Gasteiger partial charge in [-0.1, -0.05) is 6.07 Å². The SMILES string of the molecule is Cl.OC1(CN2CCCNCC2)CCN(c2nc(Oc3cccc(F)c3)cc(C(F)(F)F)n2)CC1. The van der Waals surface area contributed by atoms with Gasteiger partial charge in [0.1, 0.15) is 11.6 Å². The minimum atomic E-state index is -4.70. The average molecular weight is 506 g/mol. The first-order chi connectivity index (χ1) is 15.7. The van der Waals surface area contributed by atoms with Crippen LogP contribution in [0.2, 0.25) is 0 Å². The highest BCUT2D eigenvalue weighted by atomic mass is 35.5. The lowest BCUT2D eigenvalue weighted by atomic mass is 9.91. The highest BCUT2D eigenvalue weighted by molar-refractivity contribution is 5.85. The number of alkyl halides is 3. The van der Waals surface area contributed by atoms with E-state index in [0.717, 1.165) is 38.7 Å². The molecule has 0 unspecified atom stereocenters. The summed E-state index contributed by atoms with van der Waals surface area (Å²) in [6, 6.07) is 5.79. The molecule has 4 rings (SSSR count). The Labute approximate surface area is 201 Å². The first-order valence-electron chi connectivity index (χ1n) is 11.0. The van der Waals surface area contributed by atoms with E-state index in [0.29, 0.717) is 38.5 Å². The van der Waals surface area contributed by atoms with Gasteiger partial charge < -0.3 is 20.1 Å². The summed E-state index contributed by atoms with van der Waals surface area (Å²) in [5, 5.41) is 14.4. The summed E-state index contributed by atoms with van der Waals surface area (Å²) in [5.41, 5.74) is -2.06. The number of aliphatic hydroxyl groups is 1. The van der Waals surface area contributed by atoms with Crippen LogP contribution in [0.4, 0.5) is 23.5 Å². The maximum atomic E-state index is 13.5. The van der Waals surface area contributed by atoms with Crippen molar-refractivity contribution in [2.24, 2.45) is 0 Å². The lowest BCUT2D eigenvalue weighted by Crippen LogP contribution is -2.51. The molecule has 7 nitrogen and oxygen atoms in total. The van der Waals surface area contributed by atoms with Crippen molar-refractivity contribution < 1.29 is 27.4 Å². The fourth-order valence-electron chi connectivity index (χ4n) is 4.16. The number of ether oxygens (including phenoxy) is 1. The highest BCUT2D eigenvalue weighted by Gasteiger charge is 2.37. The second-order valence-corrected chi connectivity index (χ2v) is 8.54. The molecule has 12 heteroatoms. The molecule has 0 amide bonds. The van der Waals surface area contributed by atoms with Gasteiger partial charge >= 0.3 is 6.18 Å². The first-order valence-corrected chi connectivity index (χ1v) is 11.0. The molecule has 2 fully saturated rings. The van der Waals surface area contributed by atoms with Crippen molar-refractivity contribution in [2.45, 2.75) is 31.0 Å². The Kier molecular flexibility index (Phi) is 8.56. The fourth-order valence-corrected chi connectivity index (χ4v) is 4.16. The van der Waals surface area contributed by atoms with Gasteiger partial charge in [-0.25, -0.2) is 9.37 Å². The summed E-state index contributed by atoms with van der Waals surface area (Å²) >= 11 is 0. The van der Waals surface area contributed by atoms with E-state index in [1.807, 2.05) is 0 Å². The van der Waals surface area contributed by atoms with E-state index in [1.165, 1.54) is 18.2 Å². The number of aromatic nitrogens is 2. The molecule has 0 saturated carbocycles. The Bertz CT molecular complexity index is 949. The Morgan fingerprint density at radius 1 is 1.06 bits per heavy atom. The summed E-state index contributed by atoms with van der Waals surface area (Å²) in [6.07, 6.45) is -2.92. The van der Waals surface area contributed by atoms with Crippen molar-refractivity contribution in [3.05, 3.63) is 41.8 Å². The van der Waals surface area contributed by atoms with E-state index >= 15 is 0 Å². The van der Waals surface area contributed by atoms with Crippen LogP contribution in [-0.2, 0) is 6.18 Å². The van der Waals surface area contributed by atoms with Gasteiger partial charge in [-0.15, -0.1) is 12.4 Å². The summed E-state index contributed by atoms with van der Waals surface area (Å²) in [5.74, 6) is -0.992. The molecule has 2 saturated heterocycles. The molecule has 2 aliphatic rings. The standard InChI is InChI=1S/C22H27F4N5O2.ClH/c23-16-3-1-4-17(13-16)33-19-14-18(22(24,25)26)28-20(29-19)31-10-5-21(32,6-11-31)15-30-9-2-7-27-8-12-30;/h1,3-4,13-14,27,32H,2,5-12,15H2;1H. The smallest absolute Gasteiger partial charge is 0.433 e. The van der Waals surface area contributed by atoms with E-state index < -0.39 is 23.3 Å². The third-order valence-corrected chi connectivity index (χ3v) is 5.93. The number of nitrogens with one attached hydrogen (secondary N) is 1. The highest BCUT2D eigenvalue weighted by Crippen LogP contribution is 2.34. The molecule has 0 atom stereocenters. The number of hydrogen-bond acceptors (Lipinski definition) is 7. The van der Waals surface area contributed by atoms with Gasteiger partial charge in [0.05, 0.1) is 5.60 Å². The minimum absolute atomic E-state index is 0. The molecule has 0 radical (unpaired) electrons. The number of anilines is 1. The number of β-amino-alcohol motifs (C(OH)–C–C–N with tert-alkyl or cyclic N) is 1. The van der Waals surface area contributed by atoms with E-state index in [-0.39, 0.29) is 30.0 Å². The summed E-state index contributed by atoms with van der Waals surface area (Å²) in [7, 11) is 0. The van der Waals surface area contributed by atoms with Crippen molar-refractivity contribution in [2.75, 3.05) is 50.7 Å². The maximum absolute atomic E-state index is 13.5. The summed E-state index contributed by atoms with van der Waals surface area (Å²) in [4.78, 5) is 11.7. The Hall–Kier alpha value is -2.21. The van der Waals surface area contributed by atoms with Gasteiger partial charge in [0, 0.05) is 44.9 Å². The van der Waals surface area contributed by atoms with Crippen LogP contribution in [0.1, 0.15) is 25.0 Å². The number of piperidine rings is 1. The Morgan fingerprint density at radius 3 is 2.53 bits per heavy atom. The normalized spacial score (nSPS) is 19.3. The first kappa shape index (κ1) is 26.4. The fraction of sp³-hybridized carbons (Fsp3) is 0.545. The van der Waals surface area contributed by atoms with Gasteiger partial charge in [-0.3, -0.25) is 4.90 Å². The zero-order valence-corrected chi connectivity index (χ0v) is 19.3. The lowest BCUT2D eigenvalue weighted by molar-refractivity contribution is -0.141. The van der Waals surface area contributed by atoms with Crippen LogP contribution < -0.4 is 15.0 Å². The third-order valence-electron chi connectivity index (χ3n) is 5.93. The van der Waals surface area contributed by atoms with Crippen molar-refractivity contribution in [3.63, 3.8) is 0 Å². The molecule has 2 aromatic rings. The van der Waals surface area contributed by atoms with Crippen LogP contribution in [0.3, 0.4) is 0 Å². The molecule has 0 spiro atoms. The van der Waals surface area contributed by atoms with E-state index in [9.17, 15) is 22.7 Å². The topological polar surface area (TPSA) is 73.8 Å². The van der Waals surface area contributed by atoms with Crippen LogP contribution in [0.15, 0.2) is 30.3 Å². The predicted molar refractivity (Wildman–Crippen MR) is 121 cm³/mol. The van der Waals surface area contributed by atoms with Gasteiger partial charge in [0.2, 0.25) is 11.8 Å². The van der Waals surface area contributed by atoms with Crippen LogP contribution in [0, 0.1) is 5.82 Å². The van der Waals surface area contributed by atoms with Gasteiger partial charge in [0.15, 0.2) is 5.69 Å². The number of nitrogens with zero attached hydrogens (tertiary/aromatic N) is 4. The lowest BCUT2D eigenvalue weighted by Gasteiger charge is -2.40. The zero-order valence-electron chi connectivity index (χ0n) is 18.5. The van der Waals surface area contributed by atoms with Crippen LogP contribution in [0.5, 0.6) is 11.6 Å². The van der Waals surface area contributed by atoms with Gasteiger partial charge in [-0.05, 0) is 44.5 Å². The molecular formula is C22H28ClF4N5O2. The molecule has 34 heavy (non-hydrogen) atoms. The minimum Gasteiger partial charge on any atom is -0.439 e. The zero-order chi connectivity index (χ0) is 23.5. The van der Waals surface area contributed by atoms with Crippen molar-refractivity contribution in [3.8, 4) is 11.6 Å². The molecule has 1 aromatic heterocycles. The third kappa shape index (κ3) is 6.91. The molecule has 1 aromatic carbocycles. The number of halogens is 5. The van der Waals surface area contributed by atoms with Crippen molar-refractivity contribution in [1.29, 1.82) is 0 Å². The van der Waals surface area contributed by atoms with Crippen LogP contribution in [-0.4, -0.2) is 71.4 Å². The summed E-state index contributed by atoms with van der Waals surface area (Å²) < 4.78 is 59.2. The van der Waals surface area contributed by atoms with Crippen molar-refractivity contribution in [1.82, 2.24) is 20.2 Å². The monoisotopic (exact) mass is 505 g/mol. The van der Waals surface area contributed by atoms with E-state index in [4.69, 9.17) is 4.74 Å². The Balaban J connectivity index is 0.00000324. The predicted octanol–water partition coefficient (Wildman–Crippen LogP) is 3.48. The van der Waals surface area contributed by atoms with Gasteiger partial charge in [-0.2, -0.15) is 18.2 Å². The quantitative estimate of drug-likeness (QED) is 0.603. The van der Waals surface area contributed by atoms with Crippen molar-refractivity contribution >= 4 is 18.4 Å². The van der Waals surface area contributed by atoms with Crippen LogP contribution >= 0.6 is 12.4 Å². The van der Waals surface area contributed by atoms with Crippen LogP contribution in [0.25, 0.3) is 0 Å². The molecule has 188 valence electrons. The largest absolute Gasteiger partial charge is 0.439 e.